The van der Waals surface area contributed by atoms with E-state index in [2.05, 4.69) is 29.0 Å². The molecule has 0 radical (unpaired) electrons. The first-order valence-electron chi connectivity index (χ1n) is 22.9. The van der Waals surface area contributed by atoms with E-state index < -0.39 is 20.0 Å². The van der Waals surface area contributed by atoms with E-state index in [0.717, 1.165) is 125 Å². The Hall–Kier alpha value is -2.38. The quantitative estimate of drug-likeness (QED) is 0.0489. The minimum atomic E-state index is -3.70. The van der Waals surface area contributed by atoms with Gasteiger partial charge in [-0.15, -0.1) is 0 Å². The molecule has 6 N–H and O–H groups in total. The fourth-order valence-corrected chi connectivity index (χ4v) is 12.5. The third-order valence-electron chi connectivity index (χ3n) is 12.6. The Kier molecular flexibility index (Phi) is 20.0. The second-order valence-corrected chi connectivity index (χ2v) is 22.9. The van der Waals surface area contributed by atoms with E-state index in [0.29, 0.717) is 59.1 Å². The summed E-state index contributed by atoms with van der Waals surface area (Å²) in [6.45, 7) is 9.75. The molecule has 4 aromatic rings. The van der Waals surface area contributed by atoms with E-state index in [4.69, 9.17) is 57.9 Å². The number of unbranched alkanes of at least 4 members (excludes halogenated alkanes) is 1. The van der Waals surface area contributed by atoms with Gasteiger partial charge < -0.3 is 31.1 Å². The van der Waals surface area contributed by atoms with Crippen molar-refractivity contribution in [3.05, 3.63) is 126 Å². The summed E-state index contributed by atoms with van der Waals surface area (Å²) in [4.78, 5) is 9.59. The Bertz CT molecular complexity index is 2260. The Morgan fingerprint density at radius 2 is 0.894 bits per heavy atom. The Balaban J connectivity index is 0.926. The second kappa shape index (κ2) is 25.0. The average Bonchev–Trinajstić information content (AvgIpc) is 3.28. The van der Waals surface area contributed by atoms with Crippen LogP contribution in [0.1, 0.15) is 83.7 Å². The Morgan fingerprint density at radius 1 is 0.545 bits per heavy atom. The molecule has 2 unspecified atom stereocenters. The van der Waals surface area contributed by atoms with Gasteiger partial charge in [-0.25, -0.2) is 26.3 Å². The summed E-state index contributed by atoms with van der Waals surface area (Å²) in [7, 11) is -3.30. The number of benzene rings is 4. The first kappa shape index (κ1) is 53.0. The minimum absolute atomic E-state index is 0.0231. The smallest absolute Gasteiger partial charge is 0.240 e. The summed E-state index contributed by atoms with van der Waals surface area (Å²) in [6, 6.07) is 21.7. The number of hydrogen-bond acceptors (Lipinski definition) is 10. The van der Waals surface area contributed by atoms with Gasteiger partial charge in [0.25, 0.3) is 0 Å². The van der Waals surface area contributed by atoms with Gasteiger partial charge in [-0.05, 0) is 187 Å². The van der Waals surface area contributed by atoms with Crippen molar-refractivity contribution < 1.29 is 16.8 Å². The van der Waals surface area contributed by atoms with E-state index in [1.54, 1.807) is 36.4 Å². The van der Waals surface area contributed by atoms with Gasteiger partial charge >= 0.3 is 0 Å². The molecule has 2 aliphatic heterocycles. The molecule has 2 aliphatic rings. The van der Waals surface area contributed by atoms with Crippen molar-refractivity contribution in [2.24, 2.45) is 11.5 Å². The van der Waals surface area contributed by atoms with Crippen molar-refractivity contribution >= 4 is 66.5 Å². The van der Waals surface area contributed by atoms with Crippen molar-refractivity contribution in [3.63, 3.8) is 0 Å². The fraction of sp³-hybridized carbons (Fsp3) is 0.500. The topological polar surface area (TPSA) is 157 Å². The number of rotatable bonds is 25. The molecule has 0 aliphatic carbocycles. The molecule has 0 spiro atoms. The summed E-state index contributed by atoms with van der Waals surface area (Å²) in [5, 5.41) is 2.46. The fourth-order valence-electron chi connectivity index (χ4n) is 9.18. The van der Waals surface area contributed by atoms with E-state index in [1.807, 2.05) is 50.5 Å². The van der Waals surface area contributed by atoms with Crippen molar-refractivity contribution in [2.75, 3.05) is 92.6 Å². The lowest BCUT2D eigenvalue weighted by atomic mass is 9.85. The van der Waals surface area contributed by atoms with Gasteiger partial charge in [0.1, 0.15) is 0 Å². The normalized spacial score (nSPS) is 17.1. The van der Waals surface area contributed by atoms with Crippen LogP contribution in [0, 0.1) is 0 Å². The highest BCUT2D eigenvalue weighted by Gasteiger charge is 2.29. The monoisotopic (exact) mass is 1020 g/mol. The number of hydrogen-bond donors (Lipinski definition) is 4. The van der Waals surface area contributed by atoms with Gasteiger partial charge in [-0.1, -0.05) is 70.7 Å². The molecule has 66 heavy (non-hydrogen) atoms. The molecule has 0 amide bonds. The van der Waals surface area contributed by atoms with Gasteiger partial charge in [0.2, 0.25) is 20.0 Å². The molecule has 18 heteroatoms. The predicted molar refractivity (Wildman–Crippen MR) is 271 cm³/mol. The SMILES string of the molecule is CN1Cc2c(Cl)cc(Cl)cc2C(c2ccc(S(=O)(=O)NCCCN(CCCN)CCCCN(CCCN)CCCNS(=O)(=O)c3ccc(C4CN(C)Cc5c(Cl)cc(Cl)cc54)cc3)cc2)C1. The van der Waals surface area contributed by atoms with Gasteiger partial charge in [0, 0.05) is 71.2 Å². The zero-order chi connectivity index (χ0) is 47.4. The van der Waals surface area contributed by atoms with Crippen LogP contribution in [0.5, 0.6) is 0 Å². The van der Waals surface area contributed by atoms with Crippen LogP contribution in [0.25, 0.3) is 0 Å². The second-order valence-electron chi connectivity index (χ2n) is 17.7. The minimum Gasteiger partial charge on any atom is -0.330 e. The maximum Gasteiger partial charge on any atom is 0.240 e. The highest BCUT2D eigenvalue weighted by Crippen LogP contribution is 2.40. The zero-order valence-corrected chi connectivity index (χ0v) is 42.8. The van der Waals surface area contributed by atoms with Crippen LogP contribution in [0.15, 0.2) is 82.6 Å². The molecule has 0 saturated heterocycles. The third kappa shape index (κ3) is 14.6. The molecule has 0 fully saturated rings. The molecule has 12 nitrogen and oxygen atoms in total. The highest BCUT2D eigenvalue weighted by atomic mass is 35.5. The maximum atomic E-state index is 13.3. The standard InChI is InChI=1S/C48H66Cl4N8O4S2/c1-57-31-43(41-27-37(49)29-47(51)45(41)33-57)35-9-13-39(14-10-35)65(61,62)55-19-7-25-59(23-5-17-53)21-3-4-22-60(24-6-18-54)26-8-20-56-66(63,64)40-15-11-36(12-16-40)44-32-58(2)34-46-42(44)28-38(50)30-48(46)52/h9-16,27-30,43-44,55-56H,3-8,17-26,31-34,53-54H2,1-2H3. The van der Waals surface area contributed by atoms with Gasteiger partial charge in [0.05, 0.1) is 9.79 Å². The molecule has 2 atom stereocenters. The molecule has 6 rings (SSSR count). The first-order chi connectivity index (χ1) is 31.6. The molecule has 362 valence electrons. The predicted octanol–water partition coefficient (Wildman–Crippen LogP) is 7.57. The number of nitrogens with zero attached hydrogens (tertiary/aromatic N) is 4. The van der Waals surface area contributed by atoms with Crippen molar-refractivity contribution in [3.8, 4) is 0 Å². The number of nitrogens with two attached hydrogens (primary N) is 2. The molecular weight excluding hydrogens is 959 g/mol. The lowest BCUT2D eigenvalue weighted by molar-refractivity contribution is 0.236. The molecule has 0 bridgehead atoms. The molecule has 0 aromatic heterocycles. The summed E-state index contributed by atoms with van der Waals surface area (Å²) in [6.07, 6.45) is 4.97. The highest BCUT2D eigenvalue weighted by molar-refractivity contribution is 7.89. The first-order valence-corrected chi connectivity index (χ1v) is 27.4. The zero-order valence-electron chi connectivity index (χ0n) is 38.1. The summed E-state index contributed by atoms with van der Waals surface area (Å²) in [5.41, 5.74) is 18.0. The summed E-state index contributed by atoms with van der Waals surface area (Å²) in [5.74, 6) is 0.0462. The number of likely N-dealkylation sites (N-methyl/N-ethyl adjacent to an activating group) is 2. The summed E-state index contributed by atoms with van der Waals surface area (Å²) >= 11 is 25.9. The number of sulfonamides is 2. The largest absolute Gasteiger partial charge is 0.330 e. The summed E-state index contributed by atoms with van der Waals surface area (Å²) < 4.78 is 58.9. The van der Waals surface area contributed by atoms with Gasteiger partial charge in [0.15, 0.2) is 0 Å². The van der Waals surface area contributed by atoms with E-state index in [9.17, 15) is 16.8 Å². The van der Waals surface area contributed by atoms with Crippen LogP contribution in [0.2, 0.25) is 20.1 Å². The van der Waals surface area contributed by atoms with E-state index in [-0.39, 0.29) is 21.6 Å². The van der Waals surface area contributed by atoms with Gasteiger partial charge in [-0.2, -0.15) is 0 Å². The molecule has 2 heterocycles. The number of fused-ring (bicyclic) bond motifs is 2. The number of halogens is 4. The van der Waals surface area contributed by atoms with Crippen LogP contribution in [-0.4, -0.2) is 129 Å². The maximum absolute atomic E-state index is 13.3. The van der Waals surface area contributed by atoms with Crippen LogP contribution in [-0.2, 0) is 33.1 Å². The lowest BCUT2D eigenvalue weighted by Gasteiger charge is -2.33. The van der Waals surface area contributed by atoms with Gasteiger partial charge in [-0.3, -0.25) is 0 Å². The van der Waals surface area contributed by atoms with Crippen molar-refractivity contribution in [1.82, 2.24) is 29.0 Å². The average molecular weight is 1030 g/mol. The van der Waals surface area contributed by atoms with Crippen LogP contribution in [0.4, 0.5) is 0 Å². The van der Waals surface area contributed by atoms with Crippen LogP contribution >= 0.6 is 46.4 Å². The molecule has 0 saturated carbocycles. The molecule has 4 aromatic carbocycles. The van der Waals surface area contributed by atoms with Crippen LogP contribution in [0.3, 0.4) is 0 Å². The third-order valence-corrected chi connectivity index (χ3v) is 16.7. The Labute approximate surface area is 413 Å². The Morgan fingerprint density at radius 3 is 1.26 bits per heavy atom. The van der Waals surface area contributed by atoms with E-state index in [1.165, 1.54) is 0 Å². The molecular formula is C48H66Cl4N8O4S2. The lowest BCUT2D eigenvalue weighted by Crippen LogP contribution is -2.34. The number of nitrogens with one attached hydrogen (secondary N) is 2. The van der Waals surface area contributed by atoms with Crippen molar-refractivity contribution in [2.45, 2.75) is 73.2 Å². The van der Waals surface area contributed by atoms with Crippen molar-refractivity contribution in [1.29, 1.82) is 0 Å². The van der Waals surface area contributed by atoms with Crippen LogP contribution < -0.4 is 20.9 Å². The van der Waals surface area contributed by atoms with E-state index >= 15 is 0 Å².